The molecule has 0 aromatic heterocycles. The summed E-state index contributed by atoms with van der Waals surface area (Å²) in [7, 11) is 1.20. The SMILES string of the molecule is COC(=O)[C@H](Cc1ccccc1)NC(=O)[C@H](Cc1ccccc1)NC(=O)CNC(=O)[C@H](COCc1ccccc1)NC(=O)CNC(=O)[C@H](CCCCNC(=O)OCc1ccccc1)NC(=O)[C@@H](NC(=O)[C@@H](N)CCCCNC(=O)OCc1ccccc1)[C@@H](C)OCc1ccccc1.Cl. The predicted molar refractivity (Wildman–Crippen MR) is 367 cm³/mol. The standard InChI is InChI=1S/C72H88N10O15.ClH/c1-50(95-46-54-31-15-6-16-32-54)64(82-65(85)57(73)37-21-23-39-74-71(91)96-47-55-33-17-7-18-34-55)69(89)80-58(38-22-24-40-75-72(92)97-48-56-35-19-8-20-36-56)66(86)76-44-63(84)79-61(49-94-45-53-29-13-5-14-30-53)67(87)77-43-62(83)78-59(41-51-25-9-3-10-26-51)68(88)81-60(70(90)93-2)42-52-27-11-4-12-28-52;/h3-20,25-36,50,57-61,64H,21-24,37-49,73H2,1-2H3,(H,74,91)(H,75,92)(H,76,86)(H,77,87)(H,78,83)(H,79,84)(H,80,89)(H,81,88)(H,82,85);1H/t50-,57+,58+,59+,60+,61+,64+;/m1./s1. The number of methoxy groups -OCH3 is 1. The zero-order chi connectivity index (χ0) is 69.4. The van der Waals surface area contributed by atoms with Gasteiger partial charge in [-0.05, 0) is 78.8 Å². The Balaban J connectivity index is 0.0000173. The Labute approximate surface area is 576 Å². The van der Waals surface area contributed by atoms with Crippen LogP contribution in [0.15, 0.2) is 182 Å². The number of carbonyl (C=O) groups excluding carboxylic acids is 10. The molecule has 0 heterocycles. The number of nitrogens with one attached hydrogen (secondary N) is 9. The minimum Gasteiger partial charge on any atom is -0.467 e. The smallest absolute Gasteiger partial charge is 0.407 e. The lowest BCUT2D eigenvalue weighted by molar-refractivity contribution is -0.145. The van der Waals surface area contributed by atoms with E-state index in [1.54, 1.807) is 85.8 Å². The summed E-state index contributed by atoms with van der Waals surface area (Å²) in [5, 5.41) is 23.8. The third kappa shape index (κ3) is 30.3. The fourth-order valence-corrected chi connectivity index (χ4v) is 9.75. The number of rotatable bonds is 41. The maximum absolute atomic E-state index is 14.6. The third-order valence-corrected chi connectivity index (χ3v) is 15.1. The van der Waals surface area contributed by atoms with E-state index in [0.717, 1.165) is 27.8 Å². The quantitative estimate of drug-likeness (QED) is 0.0136. The van der Waals surface area contributed by atoms with E-state index in [2.05, 4.69) is 47.9 Å². The Kier molecular flexibility index (Phi) is 35.7. The van der Waals surface area contributed by atoms with Gasteiger partial charge in [0.2, 0.25) is 41.4 Å². The minimum atomic E-state index is -1.45. The fourth-order valence-electron chi connectivity index (χ4n) is 9.75. The predicted octanol–water partition coefficient (Wildman–Crippen LogP) is 5.07. The van der Waals surface area contributed by atoms with Crippen LogP contribution in [0, 0.1) is 0 Å². The van der Waals surface area contributed by atoms with E-state index in [9.17, 15) is 47.9 Å². The van der Waals surface area contributed by atoms with Gasteiger partial charge in [-0.15, -0.1) is 12.4 Å². The van der Waals surface area contributed by atoms with Gasteiger partial charge in [0.1, 0.15) is 43.4 Å². The van der Waals surface area contributed by atoms with E-state index in [1.807, 2.05) is 103 Å². The zero-order valence-corrected chi connectivity index (χ0v) is 55.8. The number of amides is 9. The molecule has 11 N–H and O–H groups in total. The molecule has 0 saturated carbocycles. The van der Waals surface area contributed by atoms with E-state index in [4.69, 9.17) is 29.4 Å². The van der Waals surface area contributed by atoms with E-state index in [1.165, 1.54) is 7.11 Å². The molecule has 98 heavy (non-hydrogen) atoms. The molecule has 0 radical (unpaired) electrons. The van der Waals surface area contributed by atoms with Crippen LogP contribution in [0.3, 0.4) is 0 Å². The largest absolute Gasteiger partial charge is 0.467 e. The first-order chi connectivity index (χ1) is 47.0. The normalized spacial score (nSPS) is 12.8. The van der Waals surface area contributed by atoms with Gasteiger partial charge in [-0.25, -0.2) is 14.4 Å². The van der Waals surface area contributed by atoms with Gasteiger partial charge >= 0.3 is 18.2 Å². The first-order valence-electron chi connectivity index (χ1n) is 32.2. The molecule has 6 aromatic rings. The first kappa shape index (κ1) is 78.5. The van der Waals surface area contributed by atoms with Crippen molar-refractivity contribution in [1.29, 1.82) is 0 Å². The summed E-state index contributed by atoms with van der Waals surface area (Å²) in [5.74, 6) is -6.30. The number of carbonyl (C=O) groups is 10. The molecule has 0 aliphatic heterocycles. The van der Waals surface area contributed by atoms with Crippen molar-refractivity contribution in [3.63, 3.8) is 0 Å². The second-order valence-corrected chi connectivity index (χ2v) is 22.8. The maximum atomic E-state index is 14.6. The zero-order valence-electron chi connectivity index (χ0n) is 55.0. The number of halogens is 1. The average Bonchev–Trinajstić information content (AvgIpc) is 1.02. The van der Waals surface area contributed by atoms with Crippen LogP contribution in [0.4, 0.5) is 9.59 Å². The molecule has 0 aliphatic carbocycles. The van der Waals surface area contributed by atoms with Crippen LogP contribution in [0.5, 0.6) is 0 Å². The molecule has 0 unspecified atom stereocenters. The molecule has 26 heteroatoms. The average molecular weight is 1370 g/mol. The third-order valence-electron chi connectivity index (χ3n) is 15.1. The van der Waals surface area contributed by atoms with Crippen LogP contribution >= 0.6 is 12.4 Å². The molecule has 524 valence electrons. The summed E-state index contributed by atoms with van der Waals surface area (Å²) >= 11 is 0. The van der Waals surface area contributed by atoms with Gasteiger partial charge in [0, 0.05) is 25.9 Å². The Hall–Kier alpha value is -10.2. The highest BCUT2D eigenvalue weighted by molar-refractivity contribution is 5.96. The molecule has 9 amide bonds. The van der Waals surface area contributed by atoms with Crippen molar-refractivity contribution in [3.05, 3.63) is 215 Å². The Morgan fingerprint density at radius 2 is 0.796 bits per heavy atom. The summed E-state index contributed by atoms with van der Waals surface area (Å²) in [6.45, 7) is 0.332. The van der Waals surface area contributed by atoms with Gasteiger partial charge in [0.05, 0.1) is 52.2 Å². The Bertz CT molecular complexity index is 3410. The van der Waals surface area contributed by atoms with Crippen LogP contribution in [0.2, 0.25) is 0 Å². The van der Waals surface area contributed by atoms with Crippen LogP contribution in [0.1, 0.15) is 78.8 Å². The maximum Gasteiger partial charge on any atom is 0.407 e. The van der Waals surface area contributed by atoms with Gasteiger partial charge in [0.15, 0.2) is 0 Å². The van der Waals surface area contributed by atoms with Crippen LogP contribution < -0.4 is 53.6 Å². The molecule has 25 nitrogen and oxygen atoms in total. The number of hydrogen-bond donors (Lipinski definition) is 10. The van der Waals surface area contributed by atoms with Crippen molar-refractivity contribution in [2.75, 3.05) is 39.9 Å². The van der Waals surface area contributed by atoms with Crippen LogP contribution in [-0.2, 0) is 101 Å². The Morgan fingerprint density at radius 1 is 0.398 bits per heavy atom. The van der Waals surface area contributed by atoms with E-state index < -0.39 is 122 Å². The molecule has 0 aliphatic rings. The summed E-state index contributed by atoms with van der Waals surface area (Å²) in [6, 6.07) is 46.5. The Morgan fingerprint density at radius 3 is 1.27 bits per heavy atom. The molecule has 0 bridgehead atoms. The van der Waals surface area contributed by atoms with Crippen molar-refractivity contribution in [2.45, 2.75) is 127 Å². The first-order valence-corrected chi connectivity index (χ1v) is 32.2. The summed E-state index contributed by atoms with van der Waals surface area (Å²) in [5.41, 5.74) is 10.9. The van der Waals surface area contributed by atoms with Crippen molar-refractivity contribution >= 4 is 71.9 Å². The molecule has 0 fully saturated rings. The van der Waals surface area contributed by atoms with Crippen molar-refractivity contribution in [3.8, 4) is 0 Å². The number of unbranched alkanes of at least 4 members (excludes halogenated alkanes) is 2. The van der Waals surface area contributed by atoms with Crippen molar-refractivity contribution in [2.24, 2.45) is 5.73 Å². The van der Waals surface area contributed by atoms with Crippen molar-refractivity contribution in [1.82, 2.24) is 47.9 Å². The minimum absolute atomic E-state index is 0. The molecular formula is C72H89ClN10O15. The van der Waals surface area contributed by atoms with E-state index >= 15 is 0 Å². The molecule has 7 atom stereocenters. The lowest BCUT2D eigenvalue weighted by atomic mass is 10.0. The fraction of sp³-hybridized carbons (Fsp3) is 0.361. The van der Waals surface area contributed by atoms with Crippen LogP contribution in [0.25, 0.3) is 0 Å². The summed E-state index contributed by atoms with van der Waals surface area (Å²) < 4.78 is 27.6. The number of ether oxygens (including phenoxy) is 5. The molecule has 6 aromatic carbocycles. The number of benzene rings is 6. The van der Waals surface area contributed by atoms with Gasteiger partial charge in [-0.3, -0.25) is 33.6 Å². The van der Waals surface area contributed by atoms with Gasteiger partial charge in [0.25, 0.3) is 0 Å². The number of nitrogens with two attached hydrogens (primary N) is 1. The highest BCUT2D eigenvalue weighted by atomic mass is 35.5. The van der Waals surface area contributed by atoms with Crippen molar-refractivity contribution < 1.29 is 71.6 Å². The number of alkyl carbamates (subject to hydrolysis) is 2. The second-order valence-electron chi connectivity index (χ2n) is 22.8. The highest BCUT2D eigenvalue weighted by Crippen LogP contribution is 2.13. The monoisotopic (exact) mass is 1370 g/mol. The molecule has 0 saturated heterocycles. The topological polar surface area (TPSA) is 351 Å². The number of esters is 1. The van der Waals surface area contributed by atoms with E-state index in [0.29, 0.717) is 24.8 Å². The van der Waals surface area contributed by atoms with Gasteiger partial charge in [-0.2, -0.15) is 0 Å². The van der Waals surface area contributed by atoms with E-state index in [-0.39, 0.29) is 84.0 Å². The summed E-state index contributed by atoms with van der Waals surface area (Å²) in [6.07, 6.45) is -0.639. The van der Waals surface area contributed by atoms with Gasteiger partial charge in [-0.1, -0.05) is 182 Å². The number of hydrogen-bond acceptors (Lipinski definition) is 16. The molecular weight excluding hydrogens is 1280 g/mol. The second kappa shape index (κ2) is 44.5. The lowest BCUT2D eigenvalue weighted by Gasteiger charge is -2.28. The highest BCUT2D eigenvalue weighted by Gasteiger charge is 2.34. The van der Waals surface area contributed by atoms with Crippen LogP contribution in [-0.4, -0.2) is 142 Å². The molecule has 0 spiro atoms. The van der Waals surface area contributed by atoms with Gasteiger partial charge < -0.3 is 77.3 Å². The lowest BCUT2D eigenvalue weighted by Crippen LogP contribution is -2.59. The molecule has 6 rings (SSSR count). The summed E-state index contributed by atoms with van der Waals surface area (Å²) in [4.78, 5) is 136.